The number of benzene rings is 1. The maximum atomic E-state index is 4.16. The molecule has 0 saturated heterocycles. The van der Waals surface area contributed by atoms with Gasteiger partial charge >= 0.3 is 0 Å². The number of rotatable bonds is 2. The molecule has 1 N–H and O–H groups in total. The van der Waals surface area contributed by atoms with Gasteiger partial charge in [-0.1, -0.05) is 31.2 Å². The minimum Gasteiger partial charge on any atom is -0.377 e. The molecule has 0 saturated carbocycles. The highest BCUT2D eigenvalue weighted by molar-refractivity contribution is 5.46. The molecule has 92 valence electrons. The van der Waals surface area contributed by atoms with Crippen LogP contribution in [-0.2, 0) is 0 Å². The van der Waals surface area contributed by atoms with Gasteiger partial charge in [-0.3, -0.25) is 4.98 Å². The van der Waals surface area contributed by atoms with Gasteiger partial charge in [0, 0.05) is 12.4 Å². The number of aromatic nitrogens is 1. The van der Waals surface area contributed by atoms with Crippen LogP contribution in [0.4, 0.5) is 5.69 Å². The molecular weight excluding hydrogens is 220 g/mol. The zero-order valence-corrected chi connectivity index (χ0v) is 10.6. The van der Waals surface area contributed by atoms with Gasteiger partial charge in [0.25, 0.3) is 0 Å². The highest BCUT2D eigenvalue weighted by Gasteiger charge is 2.23. The lowest BCUT2D eigenvalue weighted by Gasteiger charge is -2.30. The van der Waals surface area contributed by atoms with Crippen LogP contribution in [0.15, 0.2) is 48.8 Å². The molecule has 0 radical (unpaired) electrons. The van der Waals surface area contributed by atoms with Crippen molar-refractivity contribution in [1.82, 2.24) is 4.98 Å². The van der Waals surface area contributed by atoms with Crippen LogP contribution in [0.3, 0.4) is 0 Å². The van der Waals surface area contributed by atoms with E-state index in [1.54, 1.807) is 0 Å². The fraction of sp³-hybridized carbons (Fsp3) is 0.312. The van der Waals surface area contributed by atoms with Crippen molar-refractivity contribution in [3.05, 3.63) is 59.9 Å². The van der Waals surface area contributed by atoms with Crippen LogP contribution in [0.5, 0.6) is 0 Å². The molecule has 0 aliphatic heterocycles. The van der Waals surface area contributed by atoms with Crippen LogP contribution in [0.2, 0.25) is 0 Å². The fourth-order valence-corrected chi connectivity index (χ4v) is 2.80. The smallest absolute Gasteiger partial charge is 0.0531 e. The largest absolute Gasteiger partial charge is 0.377 e. The van der Waals surface area contributed by atoms with Crippen LogP contribution in [-0.4, -0.2) is 4.98 Å². The first-order valence-electron chi connectivity index (χ1n) is 6.60. The predicted molar refractivity (Wildman–Crippen MR) is 74.7 cm³/mol. The van der Waals surface area contributed by atoms with E-state index >= 15 is 0 Å². The van der Waals surface area contributed by atoms with Crippen molar-refractivity contribution in [2.45, 2.75) is 31.7 Å². The first-order valence-corrected chi connectivity index (χ1v) is 6.60. The van der Waals surface area contributed by atoms with Crippen molar-refractivity contribution in [3.63, 3.8) is 0 Å². The molecule has 0 fully saturated rings. The second-order valence-electron chi connectivity index (χ2n) is 5.05. The van der Waals surface area contributed by atoms with E-state index in [9.17, 15) is 0 Å². The Kier molecular flexibility index (Phi) is 3.01. The molecule has 1 aliphatic carbocycles. The van der Waals surface area contributed by atoms with Crippen molar-refractivity contribution in [1.29, 1.82) is 0 Å². The van der Waals surface area contributed by atoms with E-state index < -0.39 is 0 Å². The Balaban J connectivity index is 1.89. The normalized spacial score (nSPS) is 22.3. The van der Waals surface area contributed by atoms with Gasteiger partial charge in [0.15, 0.2) is 0 Å². The Morgan fingerprint density at radius 2 is 1.89 bits per heavy atom. The van der Waals surface area contributed by atoms with Gasteiger partial charge in [-0.15, -0.1) is 0 Å². The molecule has 2 heteroatoms. The van der Waals surface area contributed by atoms with Crippen molar-refractivity contribution >= 4 is 5.69 Å². The van der Waals surface area contributed by atoms with Crippen molar-refractivity contribution in [2.75, 3.05) is 5.32 Å². The van der Waals surface area contributed by atoms with E-state index in [2.05, 4.69) is 47.6 Å². The average Bonchev–Trinajstić information content (AvgIpc) is 2.44. The summed E-state index contributed by atoms with van der Waals surface area (Å²) in [6, 6.07) is 13.3. The Labute approximate surface area is 108 Å². The third-order valence-corrected chi connectivity index (χ3v) is 3.79. The summed E-state index contributed by atoms with van der Waals surface area (Å²) in [5.41, 5.74) is 4.04. The topological polar surface area (TPSA) is 24.9 Å². The summed E-state index contributed by atoms with van der Waals surface area (Å²) in [5.74, 6) is 0.674. The predicted octanol–water partition coefficient (Wildman–Crippen LogP) is 4.13. The molecule has 1 aromatic carbocycles. The summed E-state index contributed by atoms with van der Waals surface area (Å²) in [7, 11) is 0. The molecule has 2 aromatic rings. The maximum absolute atomic E-state index is 4.16. The minimum absolute atomic E-state index is 0.418. The SMILES string of the molecule is CC1CCC(Nc2cccnc2)c2ccccc21. The average molecular weight is 238 g/mol. The first-order chi connectivity index (χ1) is 8.84. The Morgan fingerprint density at radius 1 is 1.06 bits per heavy atom. The highest BCUT2D eigenvalue weighted by Crippen LogP contribution is 2.38. The third kappa shape index (κ3) is 2.10. The van der Waals surface area contributed by atoms with Gasteiger partial charge in [-0.2, -0.15) is 0 Å². The molecule has 1 heterocycles. The zero-order chi connectivity index (χ0) is 12.4. The molecule has 2 unspecified atom stereocenters. The zero-order valence-electron chi connectivity index (χ0n) is 10.6. The number of hydrogen-bond donors (Lipinski definition) is 1. The number of fused-ring (bicyclic) bond motifs is 1. The quantitative estimate of drug-likeness (QED) is 0.850. The highest BCUT2D eigenvalue weighted by atomic mass is 14.9. The number of anilines is 1. The first kappa shape index (κ1) is 11.3. The summed E-state index contributed by atoms with van der Waals surface area (Å²) in [6.45, 7) is 2.32. The lowest BCUT2D eigenvalue weighted by molar-refractivity contribution is 0.534. The van der Waals surface area contributed by atoms with Crippen molar-refractivity contribution in [3.8, 4) is 0 Å². The fourth-order valence-electron chi connectivity index (χ4n) is 2.80. The van der Waals surface area contributed by atoms with E-state index in [4.69, 9.17) is 0 Å². The molecule has 18 heavy (non-hydrogen) atoms. The third-order valence-electron chi connectivity index (χ3n) is 3.79. The second-order valence-corrected chi connectivity index (χ2v) is 5.05. The molecule has 3 rings (SSSR count). The summed E-state index contributed by atoms with van der Waals surface area (Å²) < 4.78 is 0. The minimum atomic E-state index is 0.418. The van der Waals surface area contributed by atoms with E-state index in [1.807, 2.05) is 18.5 Å². The summed E-state index contributed by atoms with van der Waals surface area (Å²) in [5, 5.41) is 3.60. The molecular formula is C16H18N2. The number of nitrogens with one attached hydrogen (secondary N) is 1. The molecule has 2 atom stereocenters. The van der Waals surface area contributed by atoms with Crippen LogP contribution < -0.4 is 5.32 Å². The second kappa shape index (κ2) is 4.81. The van der Waals surface area contributed by atoms with E-state index in [0.29, 0.717) is 12.0 Å². The van der Waals surface area contributed by atoms with Gasteiger partial charge in [0.05, 0.1) is 11.7 Å². The molecule has 2 nitrogen and oxygen atoms in total. The molecule has 0 bridgehead atoms. The van der Waals surface area contributed by atoms with Gasteiger partial charge in [-0.05, 0) is 42.0 Å². The molecule has 1 aromatic heterocycles. The summed E-state index contributed by atoms with van der Waals surface area (Å²) in [6.07, 6.45) is 6.13. The number of pyridine rings is 1. The van der Waals surface area contributed by atoms with E-state index in [0.717, 1.165) is 5.69 Å². The van der Waals surface area contributed by atoms with E-state index in [1.165, 1.54) is 24.0 Å². The van der Waals surface area contributed by atoms with Crippen molar-refractivity contribution < 1.29 is 0 Å². The van der Waals surface area contributed by atoms with Crippen molar-refractivity contribution in [2.24, 2.45) is 0 Å². The van der Waals surface area contributed by atoms with Crippen LogP contribution in [0.1, 0.15) is 42.9 Å². The lowest BCUT2D eigenvalue weighted by atomic mass is 9.81. The Morgan fingerprint density at radius 3 is 2.67 bits per heavy atom. The Bertz CT molecular complexity index is 522. The van der Waals surface area contributed by atoms with Gasteiger partial charge in [0.1, 0.15) is 0 Å². The molecule has 1 aliphatic rings. The monoisotopic (exact) mass is 238 g/mol. The number of hydrogen-bond acceptors (Lipinski definition) is 2. The number of nitrogens with zero attached hydrogens (tertiary/aromatic N) is 1. The van der Waals surface area contributed by atoms with Gasteiger partial charge in [0.2, 0.25) is 0 Å². The standard InChI is InChI=1S/C16H18N2/c1-12-8-9-16(15-7-3-2-6-14(12)15)18-13-5-4-10-17-11-13/h2-7,10-12,16,18H,8-9H2,1H3. The van der Waals surface area contributed by atoms with Gasteiger partial charge in [-0.25, -0.2) is 0 Å². The van der Waals surface area contributed by atoms with Crippen LogP contribution in [0, 0.1) is 0 Å². The molecule has 0 amide bonds. The van der Waals surface area contributed by atoms with E-state index in [-0.39, 0.29) is 0 Å². The molecule has 0 spiro atoms. The maximum Gasteiger partial charge on any atom is 0.0531 e. The van der Waals surface area contributed by atoms with Crippen LogP contribution >= 0.6 is 0 Å². The lowest BCUT2D eigenvalue weighted by Crippen LogP contribution is -2.19. The summed E-state index contributed by atoms with van der Waals surface area (Å²) >= 11 is 0. The summed E-state index contributed by atoms with van der Waals surface area (Å²) in [4.78, 5) is 4.16. The van der Waals surface area contributed by atoms with Gasteiger partial charge < -0.3 is 5.32 Å². The Hall–Kier alpha value is -1.83. The van der Waals surface area contributed by atoms with Crippen LogP contribution in [0.25, 0.3) is 0 Å².